The van der Waals surface area contributed by atoms with E-state index in [1.807, 2.05) is 13.8 Å². The number of benzene rings is 2. The molecule has 0 radical (unpaired) electrons. The van der Waals surface area contributed by atoms with E-state index in [0.29, 0.717) is 11.5 Å². The molecule has 2 aromatic rings. The Kier molecular flexibility index (Phi) is 6.75. The topological polar surface area (TPSA) is 40.5 Å². The van der Waals surface area contributed by atoms with Crippen LogP contribution < -0.4 is 0 Å². The van der Waals surface area contributed by atoms with Gasteiger partial charge in [0.25, 0.3) is 0 Å². The van der Waals surface area contributed by atoms with Gasteiger partial charge in [0.2, 0.25) is 0 Å². The molecule has 2 nitrogen and oxygen atoms in total. The van der Waals surface area contributed by atoms with Crippen LogP contribution in [0.2, 0.25) is 0 Å². The lowest BCUT2D eigenvalue weighted by Gasteiger charge is -2.21. The fourth-order valence-electron chi connectivity index (χ4n) is 3.67. The zero-order chi connectivity index (χ0) is 19.4. The Morgan fingerprint density at radius 3 is 1.31 bits per heavy atom. The van der Waals surface area contributed by atoms with Crippen molar-refractivity contribution in [1.29, 1.82) is 0 Å². The number of phenolic OH excluding ortho intramolecular Hbond substituents is 2. The van der Waals surface area contributed by atoms with Crippen molar-refractivity contribution in [2.24, 2.45) is 0 Å². The molecule has 0 heterocycles. The maximum Gasteiger partial charge on any atom is 0.127 e. The molecule has 0 unspecified atom stereocenters. The van der Waals surface area contributed by atoms with Gasteiger partial charge in [-0.25, -0.2) is 0 Å². The van der Waals surface area contributed by atoms with Gasteiger partial charge in [0, 0.05) is 11.1 Å². The van der Waals surface area contributed by atoms with E-state index in [1.54, 1.807) is 0 Å². The second kappa shape index (κ2) is 8.62. The summed E-state index contributed by atoms with van der Waals surface area (Å²) in [6.45, 7) is 12.6. The fraction of sp³-hybridized carbons (Fsp3) is 0.500. The van der Waals surface area contributed by atoms with Gasteiger partial charge in [-0.2, -0.15) is 0 Å². The molecule has 2 aromatic carbocycles. The van der Waals surface area contributed by atoms with Gasteiger partial charge in [0.15, 0.2) is 0 Å². The number of rotatable bonds is 7. The predicted octanol–water partition coefficient (Wildman–Crippen LogP) is 6.68. The number of aryl methyl sites for hydroxylation is 4. The molecule has 0 fully saturated rings. The molecule has 0 amide bonds. The summed E-state index contributed by atoms with van der Waals surface area (Å²) in [5, 5.41) is 22.1. The van der Waals surface area contributed by atoms with Crippen molar-refractivity contribution in [3.63, 3.8) is 0 Å². The molecule has 0 aliphatic heterocycles. The van der Waals surface area contributed by atoms with E-state index in [4.69, 9.17) is 0 Å². The van der Waals surface area contributed by atoms with Gasteiger partial charge >= 0.3 is 0 Å². The molecule has 0 saturated carbocycles. The molecule has 2 heteroatoms. The summed E-state index contributed by atoms with van der Waals surface area (Å²) >= 11 is 0. The Labute approximate surface area is 158 Å². The van der Waals surface area contributed by atoms with E-state index in [2.05, 4.69) is 39.8 Å². The highest BCUT2D eigenvalue weighted by atomic mass is 16.3. The second-order valence-corrected chi connectivity index (χ2v) is 7.61. The summed E-state index contributed by atoms with van der Waals surface area (Å²) in [7, 11) is 0. The highest BCUT2D eigenvalue weighted by Crippen LogP contribution is 2.45. The van der Waals surface area contributed by atoms with Crippen LogP contribution in [0.3, 0.4) is 0 Å². The summed E-state index contributed by atoms with van der Waals surface area (Å²) in [5.74, 6) is 0.680. The van der Waals surface area contributed by atoms with Gasteiger partial charge < -0.3 is 10.2 Å². The third-order valence-electron chi connectivity index (χ3n) is 5.65. The van der Waals surface area contributed by atoms with Crippen molar-refractivity contribution in [2.45, 2.75) is 80.1 Å². The molecule has 0 bridgehead atoms. The summed E-state index contributed by atoms with van der Waals surface area (Å²) in [6, 6.07) is 4.20. The van der Waals surface area contributed by atoms with Gasteiger partial charge in [-0.3, -0.25) is 0 Å². The van der Waals surface area contributed by atoms with E-state index in [0.717, 1.165) is 71.9 Å². The molecular weight excluding hydrogens is 320 g/mol. The first-order chi connectivity index (χ1) is 12.3. The molecular formula is C24H34O2. The van der Waals surface area contributed by atoms with Gasteiger partial charge in [-0.15, -0.1) is 0 Å². The van der Waals surface area contributed by atoms with Crippen LogP contribution in [0.1, 0.15) is 72.9 Å². The highest BCUT2D eigenvalue weighted by Gasteiger charge is 2.22. The molecule has 2 rings (SSSR count). The minimum absolute atomic E-state index is 0.340. The number of unbranched alkanes of at least 4 members (excludes halogenated alkanes) is 2. The lowest BCUT2D eigenvalue weighted by molar-refractivity contribution is 0.460. The number of hydrogen-bond donors (Lipinski definition) is 2. The monoisotopic (exact) mass is 354 g/mol. The quantitative estimate of drug-likeness (QED) is 0.582. The lowest BCUT2D eigenvalue weighted by atomic mass is 9.85. The van der Waals surface area contributed by atoms with Gasteiger partial charge in [-0.05, 0) is 86.8 Å². The Bertz CT molecular complexity index is 720. The van der Waals surface area contributed by atoms with Crippen LogP contribution >= 0.6 is 0 Å². The smallest absolute Gasteiger partial charge is 0.127 e. The van der Waals surface area contributed by atoms with Gasteiger partial charge in [-0.1, -0.05) is 38.8 Å². The second-order valence-electron chi connectivity index (χ2n) is 7.61. The van der Waals surface area contributed by atoms with E-state index in [-0.39, 0.29) is 0 Å². The van der Waals surface area contributed by atoms with Crippen LogP contribution in [0.4, 0.5) is 0 Å². The van der Waals surface area contributed by atoms with Gasteiger partial charge in [0.05, 0.1) is 0 Å². The first-order valence-corrected chi connectivity index (χ1v) is 9.97. The maximum atomic E-state index is 11.1. The van der Waals surface area contributed by atoms with E-state index in [1.165, 1.54) is 11.1 Å². The SMILES string of the molecule is CCCCc1cc(C)c(C)c(-c2c(C)c(C)cc(CCCC)c2O)c1O. The first kappa shape index (κ1) is 20.4. The van der Waals surface area contributed by atoms with Crippen molar-refractivity contribution in [1.82, 2.24) is 0 Å². The summed E-state index contributed by atoms with van der Waals surface area (Å²) in [6.07, 6.45) is 6.02. The van der Waals surface area contributed by atoms with Crippen molar-refractivity contribution in [3.8, 4) is 22.6 Å². The zero-order valence-electron chi connectivity index (χ0n) is 17.3. The average molecular weight is 355 g/mol. The Morgan fingerprint density at radius 1 is 0.654 bits per heavy atom. The molecule has 26 heavy (non-hydrogen) atoms. The third-order valence-corrected chi connectivity index (χ3v) is 5.65. The highest BCUT2D eigenvalue weighted by molar-refractivity contribution is 5.84. The molecule has 0 aliphatic rings. The van der Waals surface area contributed by atoms with Crippen LogP contribution in [0.25, 0.3) is 11.1 Å². The van der Waals surface area contributed by atoms with E-state index in [9.17, 15) is 10.2 Å². The largest absolute Gasteiger partial charge is 0.507 e. The molecule has 0 aliphatic carbocycles. The number of aromatic hydroxyl groups is 2. The van der Waals surface area contributed by atoms with Crippen LogP contribution in [0.15, 0.2) is 12.1 Å². The standard InChI is InChI=1S/C24H34O2/c1-7-9-11-19-13-15(3)17(5)21(23(19)25)22-18(6)16(4)14-20(24(22)26)12-10-8-2/h13-14,25-26H,7-12H2,1-6H3. The van der Waals surface area contributed by atoms with Crippen LogP contribution in [-0.2, 0) is 12.8 Å². The van der Waals surface area contributed by atoms with Crippen LogP contribution in [-0.4, -0.2) is 10.2 Å². The van der Waals surface area contributed by atoms with Crippen molar-refractivity contribution in [3.05, 3.63) is 45.5 Å². The van der Waals surface area contributed by atoms with E-state index >= 15 is 0 Å². The van der Waals surface area contributed by atoms with E-state index < -0.39 is 0 Å². The first-order valence-electron chi connectivity index (χ1n) is 9.97. The zero-order valence-corrected chi connectivity index (χ0v) is 17.3. The molecule has 0 saturated heterocycles. The Balaban J connectivity index is 2.74. The van der Waals surface area contributed by atoms with Crippen LogP contribution in [0.5, 0.6) is 11.5 Å². The minimum Gasteiger partial charge on any atom is -0.507 e. The minimum atomic E-state index is 0.340. The number of hydrogen-bond acceptors (Lipinski definition) is 2. The third kappa shape index (κ3) is 3.90. The average Bonchev–Trinajstić information content (AvgIpc) is 2.61. The summed E-state index contributed by atoms with van der Waals surface area (Å²) in [4.78, 5) is 0. The van der Waals surface area contributed by atoms with Crippen molar-refractivity contribution >= 4 is 0 Å². The van der Waals surface area contributed by atoms with Gasteiger partial charge in [0.1, 0.15) is 11.5 Å². The summed E-state index contributed by atoms with van der Waals surface area (Å²) in [5.41, 5.74) is 8.03. The van der Waals surface area contributed by atoms with Crippen molar-refractivity contribution < 1.29 is 10.2 Å². The fourth-order valence-corrected chi connectivity index (χ4v) is 3.67. The predicted molar refractivity (Wildman–Crippen MR) is 111 cm³/mol. The Morgan fingerprint density at radius 2 is 1.00 bits per heavy atom. The number of phenols is 2. The molecule has 0 aromatic heterocycles. The normalized spacial score (nSPS) is 11.2. The molecule has 2 N–H and O–H groups in total. The lowest BCUT2D eigenvalue weighted by Crippen LogP contribution is -2.00. The summed E-state index contributed by atoms with van der Waals surface area (Å²) < 4.78 is 0. The Hall–Kier alpha value is -1.96. The molecule has 142 valence electrons. The van der Waals surface area contributed by atoms with Crippen molar-refractivity contribution in [2.75, 3.05) is 0 Å². The molecule has 0 atom stereocenters. The maximum absolute atomic E-state index is 11.1. The molecule has 0 spiro atoms. The van der Waals surface area contributed by atoms with Crippen LogP contribution in [0, 0.1) is 27.7 Å².